The van der Waals surface area contributed by atoms with Gasteiger partial charge >= 0.3 is 11.9 Å². The molecule has 0 saturated carbocycles. The monoisotopic (exact) mass is 291 g/mol. The molecule has 0 heterocycles. The summed E-state index contributed by atoms with van der Waals surface area (Å²) in [6.07, 6.45) is -0.748. The molecule has 10 nitrogen and oxygen atoms in total. The number of carboxylic acids is 2. The summed E-state index contributed by atoms with van der Waals surface area (Å²) in [5.74, 6) is -4.57. The Kier molecular flexibility index (Phi) is 7.18. The molecule has 0 radical (unpaired) electrons. The van der Waals surface area contributed by atoms with Crippen molar-refractivity contribution in [3.05, 3.63) is 0 Å². The Balaban J connectivity index is 4.79. The van der Waals surface area contributed by atoms with Crippen LogP contribution in [0, 0.1) is 0 Å². The Morgan fingerprint density at radius 2 is 1.65 bits per heavy atom. The van der Waals surface area contributed by atoms with Crippen molar-refractivity contribution >= 4 is 23.8 Å². The summed E-state index contributed by atoms with van der Waals surface area (Å²) >= 11 is 0. The van der Waals surface area contributed by atoms with E-state index in [0.29, 0.717) is 0 Å². The highest BCUT2D eigenvalue weighted by molar-refractivity contribution is 5.93. The molecule has 0 rings (SSSR count). The smallest absolute Gasteiger partial charge is 0.325 e. The summed E-state index contributed by atoms with van der Waals surface area (Å²) in [5, 5.41) is 30.0. The van der Waals surface area contributed by atoms with Gasteiger partial charge in [0.05, 0.1) is 13.0 Å². The third-order valence-electron chi connectivity index (χ3n) is 2.27. The first-order chi connectivity index (χ1) is 9.18. The van der Waals surface area contributed by atoms with E-state index in [1.807, 2.05) is 10.6 Å². The normalized spacial score (nSPS) is 14.8. The number of aliphatic hydroxyl groups is 1. The fourth-order valence-electron chi connectivity index (χ4n) is 1.12. The van der Waals surface area contributed by atoms with Crippen molar-refractivity contribution in [2.45, 2.75) is 31.5 Å². The first kappa shape index (κ1) is 17.8. The third-order valence-corrected chi connectivity index (χ3v) is 2.27. The average molecular weight is 291 g/mol. The lowest BCUT2D eigenvalue weighted by atomic mass is 10.1. The lowest BCUT2D eigenvalue weighted by Crippen LogP contribution is -2.55. The minimum Gasteiger partial charge on any atom is -0.481 e. The molecule has 0 fully saturated rings. The van der Waals surface area contributed by atoms with E-state index in [-0.39, 0.29) is 0 Å². The Morgan fingerprint density at radius 1 is 1.10 bits per heavy atom. The van der Waals surface area contributed by atoms with Crippen LogP contribution in [0.1, 0.15) is 13.3 Å². The van der Waals surface area contributed by atoms with Gasteiger partial charge in [-0.05, 0) is 6.92 Å². The largest absolute Gasteiger partial charge is 0.481 e. The van der Waals surface area contributed by atoms with Crippen LogP contribution in [0.15, 0.2) is 0 Å². The fourth-order valence-corrected chi connectivity index (χ4v) is 1.12. The molecule has 0 spiro atoms. The van der Waals surface area contributed by atoms with E-state index >= 15 is 0 Å². The van der Waals surface area contributed by atoms with Crippen molar-refractivity contribution in [1.29, 1.82) is 0 Å². The van der Waals surface area contributed by atoms with Crippen molar-refractivity contribution in [2.75, 3.05) is 6.61 Å². The van der Waals surface area contributed by atoms with Gasteiger partial charge in [-0.25, -0.2) is 0 Å². The minimum absolute atomic E-state index is 0.682. The quantitative estimate of drug-likeness (QED) is 0.271. The number of carboxylic acid groups (broad SMARTS) is 2. The molecule has 20 heavy (non-hydrogen) atoms. The Hall–Kier alpha value is -2.20. The summed E-state index contributed by atoms with van der Waals surface area (Å²) in [5.41, 5.74) is 5.21. The molecule has 0 aliphatic heterocycles. The summed E-state index contributed by atoms with van der Waals surface area (Å²) in [7, 11) is 0. The van der Waals surface area contributed by atoms with Crippen LogP contribution >= 0.6 is 0 Å². The van der Waals surface area contributed by atoms with Crippen LogP contribution in [-0.2, 0) is 19.2 Å². The van der Waals surface area contributed by atoms with Crippen molar-refractivity contribution < 1.29 is 34.5 Å². The molecule has 3 atom stereocenters. The zero-order chi connectivity index (χ0) is 15.9. The van der Waals surface area contributed by atoms with Crippen molar-refractivity contribution in [2.24, 2.45) is 5.73 Å². The second-order valence-electron chi connectivity index (χ2n) is 4.02. The van der Waals surface area contributed by atoms with Gasteiger partial charge in [-0.2, -0.15) is 0 Å². The summed E-state index contributed by atoms with van der Waals surface area (Å²) in [6.45, 7) is 0.498. The first-order valence-corrected chi connectivity index (χ1v) is 5.60. The number of amides is 2. The highest BCUT2D eigenvalue weighted by atomic mass is 16.4. The van der Waals surface area contributed by atoms with Crippen molar-refractivity contribution in [3.8, 4) is 0 Å². The van der Waals surface area contributed by atoms with Crippen LogP contribution in [0.4, 0.5) is 0 Å². The van der Waals surface area contributed by atoms with Crippen molar-refractivity contribution in [3.63, 3.8) is 0 Å². The number of nitrogens with two attached hydrogens (primary N) is 1. The van der Waals surface area contributed by atoms with Gasteiger partial charge in [0, 0.05) is 0 Å². The second-order valence-corrected chi connectivity index (χ2v) is 4.02. The number of hydrogen-bond donors (Lipinski definition) is 6. The standard InChI is InChI=1S/C10H17N3O7/c1-4(10(19)20)12-9(18)6(2-7(15)16)13-8(17)5(11)3-14/h4-6,14H,2-3,11H2,1H3,(H,12,18)(H,13,17)(H,15,16)(H,19,20). The van der Waals surface area contributed by atoms with Crippen LogP contribution in [0.2, 0.25) is 0 Å². The molecule has 2 amide bonds. The number of rotatable bonds is 8. The van der Waals surface area contributed by atoms with E-state index in [2.05, 4.69) is 0 Å². The number of aliphatic hydroxyl groups excluding tert-OH is 1. The minimum atomic E-state index is -1.49. The van der Waals surface area contributed by atoms with E-state index < -0.39 is 54.9 Å². The van der Waals surface area contributed by atoms with Gasteiger partial charge in [0.2, 0.25) is 11.8 Å². The average Bonchev–Trinajstić information content (AvgIpc) is 2.35. The number of aliphatic carboxylic acids is 2. The molecule has 114 valence electrons. The predicted octanol–water partition coefficient (Wildman–Crippen LogP) is -3.15. The van der Waals surface area contributed by atoms with E-state index in [1.54, 1.807) is 0 Å². The lowest BCUT2D eigenvalue weighted by Gasteiger charge is -2.19. The third kappa shape index (κ3) is 6.11. The van der Waals surface area contributed by atoms with Gasteiger partial charge in [-0.3, -0.25) is 19.2 Å². The van der Waals surface area contributed by atoms with Gasteiger partial charge in [-0.1, -0.05) is 0 Å². The van der Waals surface area contributed by atoms with Gasteiger partial charge < -0.3 is 31.7 Å². The molecular formula is C10H17N3O7. The van der Waals surface area contributed by atoms with E-state index in [9.17, 15) is 19.2 Å². The van der Waals surface area contributed by atoms with Gasteiger partial charge in [0.1, 0.15) is 18.1 Å². The first-order valence-electron chi connectivity index (χ1n) is 5.60. The Bertz CT molecular complexity index is 398. The van der Waals surface area contributed by atoms with E-state index in [4.69, 9.17) is 21.1 Å². The molecule has 0 aromatic carbocycles. The fraction of sp³-hybridized carbons (Fsp3) is 0.600. The van der Waals surface area contributed by atoms with Crippen LogP contribution in [-0.4, -0.2) is 63.8 Å². The highest BCUT2D eigenvalue weighted by Gasteiger charge is 2.27. The molecule has 0 aromatic rings. The Labute approximate surface area is 113 Å². The lowest BCUT2D eigenvalue weighted by molar-refractivity contribution is -0.143. The number of carbonyl (C=O) groups is 4. The maximum absolute atomic E-state index is 11.7. The maximum Gasteiger partial charge on any atom is 0.325 e. The molecular weight excluding hydrogens is 274 g/mol. The summed E-state index contributed by atoms with van der Waals surface area (Å²) < 4.78 is 0. The summed E-state index contributed by atoms with van der Waals surface area (Å²) in [4.78, 5) is 44.3. The van der Waals surface area contributed by atoms with Crippen molar-refractivity contribution in [1.82, 2.24) is 10.6 Å². The molecule has 0 aromatic heterocycles. The van der Waals surface area contributed by atoms with Crippen LogP contribution in [0.3, 0.4) is 0 Å². The van der Waals surface area contributed by atoms with E-state index in [0.717, 1.165) is 0 Å². The maximum atomic E-state index is 11.7. The summed E-state index contributed by atoms with van der Waals surface area (Å²) in [6, 6.07) is -4.04. The molecule has 7 N–H and O–H groups in total. The van der Waals surface area contributed by atoms with Gasteiger partial charge in [0.25, 0.3) is 0 Å². The molecule has 0 aliphatic carbocycles. The van der Waals surface area contributed by atoms with Crippen LogP contribution in [0.25, 0.3) is 0 Å². The van der Waals surface area contributed by atoms with Crippen LogP contribution in [0.5, 0.6) is 0 Å². The molecule has 3 unspecified atom stereocenters. The highest BCUT2D eigenvalue weighted by Crippen LogP contribution is 1.96. The zero-order valence-electron chi connectivity index (χ0n) is 10.7. The molecule has 0 aliphatic rings. The van der Waals surface area contributed by atoms with Gasteiger partial charge in [0.15, 0.2) is 0 Å². The number of nitrogens with one attached hydrogen (secondary N) is 2. The molecule has 0 bridgehead atoms. The number of hydrogen-bond acceptors (Lipinski definition) is 6. The predicted molar refractivity (Wildman–Crippen MR) is 64.5 cm³/mol. The SMILES string of the molecule is CC(NC(=O)C(CC(=O)O)NC(=O)C(N)CO)C(=O)O. The zero-order valence-corrected chi connectivity index (χ0v) is 10.7. The second kappa shape index (κ2) is 8.07. The van der Waals surface area contributed by atoms with Crippen LogP contribution < -0.4 is 16.4 Å². The molecule has 0 saturated heterocycles. The Morgan fingerprint density at radius 3 is 2.05 bits per heavy atom. The van der Waals surface area contributed by atoms with Gasteiger partial charge in [-0.15, -0.1) is 0 Å². The van der Waals surface area contributed by atoms with E-state index in [1.165, 1.54) is 6.92 Å². The number of carbonyl (C=O) groups excluding carboxylic acids is 2. The topological polar surface area (TPSA) is 179 Å². The molecule has 10 heteroatoms.